The first kappa shape index (κ1) is 19.5. The van der Waals surface area contributed by atoms with Crippen molar-refractivity contribution in [1.82, 2.24) is 19.6 Å². The van der Waals surface area contributed by atoms with E-state index < -0.39 is 0 Å². The Morgan fingerprint density at radius 2 is 1.69 bits per heavy atom. The Bertz CT molecular complexity index is 793. The van der Waals surface area contributed by atoms with Crippen molar-refractivity contribution < 1.29 is 4.79 Å². The maximum absolute atomic E-state index is 12.6. The summed E-state index contributed by atoms with van der Waals surface area (Å²) in [7, 11) is 0. The van der Waals surface area contributed by atoms with Gasteiger partial charge < -0.3 is 4.90 Å². The van der Waals surface area contributed by atoms with E-state index in [2.05, 4.69) is 10.00 Å². The molecule has 0 atom stereocenters. The average Bonchev–Trinajstić information content (AvgIpc) is 2.86. The first-order chi connectivity index (χ1) is 12.4. The van der Waals surface area contributed by atoms with E-state index in [0.717, 1.165) is 30.0 Å². The highest BCUT2D eigenvalue weighted by Gasteiger charge is 2.23. The van der Waals surface area contributed by atoms with Gasteiger partial charge in [-0.2, -0.15) is 5.10 Å². The van der Waals surface area contributed by atoms with Crippen LogP contribution in [0.1, 0.15) is 17.0 Å². The summed E-state index contributed by atoms with van der Waals surface area (Å²) in [6.45, 7) is 7.54. The molecule has 1 fully saturated rings. The van der Waals surface area contributed by atoms with E-state index in [-0.39, 0.29) is 12.5 Å². The standard InChI is InChI=1S/C18H21Cl3N4O/c1-12-18(21)13(2)25(22-12)11-17(26)24-8-6-23(7-9-24)10-14-15(19)4-3-5-16(14)20/h3-5H,6-11H2,1-2H3. The minimum Gasteiger partial charge on any atom is -0.339 e. The highest BCUT2D eigenvalue weighted by molar-refractivity contribution is 6.36. The van der Waals surface area contributed by atoms with Gasteiger partial charge in [-0.05, 0) is 26.0 Å². The average molecular weight is 416 g/mol. The second-order valence-corrected chi connectivity index (χ2v) is 7.69. The number of carbonyl (C=O) groups is 1. The van der Waals surface area contributed by atoms with Crippen molar-refractivity contribution in [1.29, 1.82) is 0 Å². The minimum absolute atomic E-state index is 0.0580. The van der Waals surface area contributed by atoms with Gasteiger partial charge in [-0.15, -0.1) is 0 Å². The zero-order valence-corrected chi connectivity index (χ0v) is 17.1. The van der Waals surface area contributed by atoms with Gasteiger partial charge in [0.25, 0.3) is 0 Å². The Morgan fingerprint density at radius 3 is 2.23 bits per heavy atom. The first-order valence-corrected chi connectivity index (χ1v) is 9.62. The van der Waals surface area contributed by atoms with Crippen LogP contribution in [0.3, 0.4) is 0 Å². The molecular weight excluding hydrogens is 395 g/mol. The molecule has 140 valence electrons. The van der Waals surface area contributed by atoms with Crippen molar-refractivity contribution in [3.63, 3.8) is 0 Å². The molecule has 1 amide bonds. The molecule has 0 saturated carbocycles. The summed E-state index contributed by atoms with van der Waals surface area (Å²) in [6.07, 6.45) is 0. The normalized spacial score (nSPS) is 15.5. The molecule has 8 heteroatoms. The second kappa shape index (κ2) is 8.17. The fraction of sp³-hybridized carbons (Fsp3) is 0.444. The zero-order chi connectivity index (χ0) is 18.8. The van der Waals surface area contributed by atoms with Crippen LogP contribution >= 0.6 is 34.8 Å². The molecule has 1 saturated heterocycles. The third-order valence-electron chi connectivity index (χ3n) is 4.75. The molecule has 0 spiro atoms. The van der Waals surface area contributed by atoms with E-state index in [0.29, 0.717) is 34.7 Å². The van der Waals surface area contributed by atoms with Crippen LogP contribution < -0.4 is 0 Å². The van der Waals surface area contributed by atoms with Crippen LogP contribution in [0.5, 0.6) is 0 Å². The van der Waals surface area contributed by atoms with Gasteiger partial charge >= 0.3 is 0 Å². The van der Waals surface area contributed by atoms with E-state index in [4.69, 9.17) is 34.8 Å². The monoisotopic (exact) mass is 414 g/mol. The molecular formula is C18H21Cl3N4O. The molecule has 3 rings (SSSR count). The molecule has 0 bridgehead atoms. The van der Waals surface area contributed by atoms with Crippen molar-refractivity contribution in [3.05, 3.63) is 50.2 Å². The number of benzene rings is 1. The molecule has 0 aliphatic carbocycles. The molecule has 2 aromatic rings. The summed E-state index contributed by atoms with van der Waals surface area (Å²) in [5.74, 6) is 0.0580. The lowest BCUT2D eigenvalue weighted by molar-refractivity contribution is -0.133. The van der Waals surface area contributed by atoms with E-state index in [9.17, 15) is 4.79 Å². The predicted octanol–water partition coefficient (Wildman–Crippen LogP) is 3.80. The maximum Gasteiger partial charge on any atom is 0.244 e. The van der Waals surface area contributed by atoms with E-state index >= 15 is 0 Å². The molecule has 2 heterocycles. The number of rotatable bonds is 4. The van der Waals surface area contributed by atoms with Crippen molar-refractivity contribution >= 4 is 40.7 Å². The molecule has 1 aliphatic heterocycles. The van der Waals surface area contributed by atoms with Crippen LogP contribution in [0, 0.1) is 13.8 Å². The third-order valence-corrected chi connectivity index (χ3v) is 6.00. The molecule has 0 radical (unpaired) electrons. The number of amides is 1. The molecule has 0 N–H and O–H groups in total. The largest absolute Gasteiger partial charge is 0.339 e. The fourth-order valence-corrected chi connectivity index (χ4v) is 3.77. The molecule has 1 aliphatic rings. The zero-order valence-electron chi connectivity index (χ0n) is 14.8. The molecule has 0 unspecified atom stereocenters. The summed E-state index contributed by atoms with van der Waals surface area (Å²) in [5.41, 5.74) is 2.51. The van der Waals surface area contributed by atoms with Gasteiger partial charge in [0.05, 0.1) is 16.4 Å². The Morgan fingerprint density at radius 1 is 1.08 bits per heavy atom. The Balaban J connectivity index is 1.56. The summed E-state index contributed by atoms with van der Waals surface area (Å²) < 4.78 is 1.68. The van der Waals surface area contributed by atoms with Crippen LogP contribution in [-0.2, 0) is 17.9 Å². The van der Waals surface area contributed by atoms with Crippen LogP contribution in [0.4, 0.5) is 0 Å². The van der Waals surface area contributed by atoms with Crippen LogP contribution in [0.2, 0.25) is 15.1 Å². The summed E-state index contributed by atoms with van der Waals surface area (Å²) in [6, 6.07) is 5.54. The quantitative estimate of drug-likeness (QED) is 0.762. The van der Waals surface area contributed by atoms with E-state index in [1.807, 2.05) is 36.9 Å². The molecule has 26 heavy (non-hydrogen) atoms. The lowest BCUT2D eigenvalue weighted by Crippen LogP contribution is -2.49. The summed E-state index contributed by atoms with van der Waals surface area (Å²) in [5, 5.41) is 6.31. The SMILES string of the molecule is Cc1nn(CC(=O)N2CCN(Cc3c(Cl)cccc3Cl)CC2)c(C)c1Cl. The lowest BCUT2D eigenvalue weighted by Gasteiger charge is -2.35. The third kappa shape index (κ3) is 4.17. The van der Waals surface area contributed by atoms with Crippen LogP contribution in [-0.4, -0.2) is 51.7 Å². The van der Waals surface area contributed by atoms with Gasteiger partial charge in [-0.25, -0.2) is 0 Å². The Labute approximate surface area is 168 Å². The molecule has 1 aromatic heterocycles. The fourth-order valence-electron chi connectivity index (χ4n) is 3.12. The van der Waals surface area contributed by atoms with Crippen LogP contribution in [0.25, 0.3) is 0 Å². The van der Waals surface area contributed by atoms with Gasteiger partial charge in [0.1, 0.15) is 6.54 Å². The van der Waals surface area contributed by atoms with Crippen molar-refractivity contribution in [2.75, 3.05) is 26.2 Å². The van der Waals surface area contributed by atoms with Gasteiger partial charge in [-0.3, -0.25) is 14.4 Å². The Kier molecular flexibility index (Phi) is 6.13. The lowest BCUT2D eigenvalue weighted by atomic mass is 10.2. The minimum atomic E-state index is 0.0580. The second-order valence-electron chi connectivity index (χ2n) is 6.50. The van der Waals surface area contributed by atoms with Crippen LogP contribution in [0.15, 0.2) is 18.2 Å². The topological polar surface area (TPSA) is 41.4 Å². The van der Waals surface area contributed by atoms with E-state index in [1.54, 1.807) is 4.68 Å². The van der Waals surface area contributed by atoms with Gasteiger partial charge in [0.15, 0.2) is 0 Å². The molecule has 5 nitrogen and oxygen atoms in total. The summed E-state index contributed by atoms with van der Waals surface area (Å²) in [4.78, 5) is 16.7. The number of hydrogen-bond donors (Lipinski definition) is 0. The number of hydrogen-bond acceptors (Lipinski definition) is 3. The summed E-state index contributed by atoms with van der Waals surface area (Å²) >= 11 is 18.7. The van der Waals surface area contributed by atoms with Crippen molar-refractivity contribution in [3.8, 4) is 0 Å². The first-order valence-electron chi connectivity index (χ1n) is 8.49. The number of nitrogens with zero attached hydrogens (tertiary/aromatic N) is 4. The van der Waals surface area contributed by atoms with Gasteiger partial charge in [0, 0.05) is 48.3 Å². The number of halogens is 3. The number of piperazine rings is 1. The number of carbonyl (C=O) groups excluding carboxylic acids is 1. The van der Waals surface area contributed by atoms with Gasteiger partial charge in [0.2, 0.25) is 5.91 Å². The number of aromatic nitrogens is 2. The Hall–Kier alpha value is -1.27. The number of aryl methyl sites for hydroxylation is 1. The smallest absolute Gasteiger partial charge is 0.244 e. The highest BCUT2D eigenvalue weighted by Crippen LogP contribution is 2.26. The van der Waals surface area contributed by atoms with Gasteiger partial charge in [-0.1, -0.05) is 40.9 Å². The van der Waals surface area contributed by atoms with E-state index in [1.165, 1.54) is 0 Å². The predicted molar refractivity (Wildman–Crippen MR) is 105 cm³/mol. The highest BCUT2D eigenvalue weighted by atomic mass is 35.5. The van der Waals surface area contributed by atoms with Crippen molar-refractivity contribution in [2.45, 2.75) is 26.9 Å². The molecule has 1 aromatic carbocycles. The van der Waals surface area contributed by atoms with Crippen molar-refractivity contribution in [2.24, 2.45) is 0 Å². The maximum atomic E-state index is 12.6.